The number of aryl methyl sites for hydroxylation is 1. The van der Waals surface area contributed by atoms with Gasteiger partial charge in [0, 0.05) is 17.5 Å². The molecule has 1 amide bonds. The van der Waals surface area contributed by atoms with Crippen LogP contribution in [0, 0.1) is 12.3 Å². The fourth-order valence-corrected chi connectivity index (χ4v) is 2.89. The van der Waals surface area contributed by atoms with Crippen LogP contribution in [0.25, 0.3) is 0 Å². The summed E-state index contributed by atoms with van der Waals surface area (Å²) in [5.74, 6) is 0.640. The Morgan fingerprint density at radius 1 is 1.24 bits per heavy atom. The van der Waals surface area contributed by atoms with Crippen molar-refractivity contribution in [1.29, 1.82) is 0 Å². The minimum atomic E-state index is -0.299. The summed E-state index contributed by atoms with van der Waals surface area (Å²) in [4.78, 5) is 12.5. The van der Waals surface area contributed by atoms with Crippen molar-refractivity contribution in [1.82, 2.24) is 10.5 Å². The van der Waals surface area contributed by atoms with Crippen LogP contribution >= 0.6 is 0 Å². The normalized spacial score (nSPS) is 14.8. The second-order valence-corrected chi connectivity index (χ2v) is 6.68. The molecule has 21 heavy (non-hydrogen) atoms. The average Bonchev–Trinajstić information content (AvgIpc) is 2.79. The van der Waals surface area contributed by atoms with Gasteiger partial charge in [-0.25, -0.2) is 0 Å². The third-order valence-electron chi connectivity index (χ3n) is 5.07. The molecule has 0 saturated heterocycles. The molecule has 0 bridgehead atoms. The number of aromatic nitrogens is 1. The maximum absolute atomic E-state index is 12.5. The molecule has 1 rings (SSSR count). The molecular weight excluding hydrogens is 264 g/mol. The van der Waals surface area contributed by atoms with Gasteiger partial charge in [0.25, 0.3) is 5.91 Å². The van der Waals surface area contributed by atoms with E-state index < -0.39 is 0 Å². The van der Waals surface area contributed by atoms with E-state index in [0.29, 0.717) is 5.69 Å². The Hall–Kier alpha value is -1.32. The largest absolute Gasteiger partial charge is 0.360 e. The Bertz CT molecular complexity index is 491. The number of rotatable bonds is 7. The molecule has 1 N–H and O–H groups in total. The minimum Gasteiger partial charge on any atom is -0.360 e. The van der Waals surface area contributed by atoms with Gasteiger partial charge in [-0.1, -0.05) is 39.3 Å². The zero-order valence-corrected chi connectivity index (χ0v) is 14.6. The van der Waals surface area contributed by atoms with Gasteiger partial charge in [0.05, 0.1) is 0 Å². The number of carbonyl (C=O) groups excluding carboxylic acids is 1. The minimum absolute atomic E-state index is 0.0582. The van der Waals surface area contributed by atoms with Crippen LogP contribution in [0.15, 0.2) is 4.52 Å². The lowest BCUT2D eigenvalue weighted by molar-refractivity contribution is 0.0722. The Labute approximate surface area is 128 Å². The molecule has 1 aromatic heterocycles. The molecule has 0 spiro atoms. The van der Waals surface area contributed by atoms with Crippen molar-refractivity contribution in [3.05, 3.63) is 17.0 Å². The van der Waals surface area contributed by atoms with Crippen LogP contribution in [0.4, 0.5) is 0 Å². The summed E-state index contributed by atoms with van der Waals surface area (Å²) in [5, 5.41) is 7.10. The molecule has 1 atom stereocenters. The zero-order chi connectivity index (χ0) is 16.3. The third kappa shape index (κ3) is 3.47. The van der Waals surface area contributed by atoms with Crippen molar-refractivity contribution in [3.63, 3.8) is 0 Å². The molecule has 0 aliphatic rings. The lowest BCUT2D eigenvalue weighted by Crippen LogP contribution is -2.54. The SMILES string of the molecule is CCCC(C)(CC)C(C)(C)NC(=O)c1noc(CC)c1C. The van der Waals surface area contributed by atoms with Crippen molar-refractivity contribution in [2.75, 3.05) is 0 Å². The predicted octanol–water partition coefficient (Wildman–Crippen LogP) is 4.27. The molecule has 0 radical (unpaired) electrons. The Kier molecular flexibility index (Phi) is 5.60. The van der Waals surface area contributed by atoms with E-state index in [1.165, 1.54) is 0 Å². The summed E-state index contributed by atoms with van der Waals surface area (Å²) in [5.41, 5.74) is 1.02. The Morgan fingerprint density at radius 3 is 2.29 bits per heavy atom. The second-order valence-electron chi connectivity index (χ2n) is 6.68. The third-order valence-corrected chi connectivity index (χ3v) is 5.07. The summed E-state index contributed by atoms with van der Waals surface area (Å²) in [6.07, 6.45) is 3.95. The van der Waals surface area contributed by atoms with Gasteiger partial charge < -0.3 is 9.84 Å². The number of nitrogens with one attached hydrogen (secondary N) is 1. The molecule has 4 heteroatoms. The lowest BCUT2D eigenvalue weighted by atomic mass is 9.68. The molecule has 1 heterocycles. The van der Waals surface area contributed by atoms with Crippen molar-refractivity contribution in [3.8, 4) is 0 Å². The average molecular weight is 294 g/mol. The second kappa shape index (κ2) is 6.63. The van der Waals surface area contributed by atoms with E-state index in [1.807, 2.05) is 13.8 Å². The summed E-state index contributed by atoms with van der Waals surface area (Å²) >= 11 is 0. The molecule has 0 aliphatic heterocycles. The highest BCUT2D eigenvalue weighted by molar-refractivity contribution is 5.94. The molecule has 0 saturated carbocycles. The maximum Gasteiger partial charge on any atom is 0.274 e. The highest BCUT2D eigenvalue weighted by atomic mass is 16.5. The van der Waals surface area contributed by atoms with E-state index in [2.05, 4.69) is 45.1 Å². The Balaban J connectivity index is 2.97. The first-order chi connectivity index (χ1) is 9.72. The molecule has 120 valence electrons. The zero-order valence-electron chi connectivity index (χ0n) is 14.6. The quantitative estimate of drug-likeness (QED) is 0.817. The van der Waals surface area contributed by atoms with Gasteiger partial charge in [-0.15, -0.1) is 0 Å². The molecular formula is C17H30N2O2. The number of carbonyl (C=O) groups is 1. The van der Waals surface area contributed by atoms with E-state index in [4.69, 9.17) is 4.52 Å². The van der Waals surface area contributed by atoms with Gasteiger partial charge in [0.1, 0.15) is 5.76 Å². The van der Waals surface area contributed by atoms with Crippen molar-refractivity contribution < 1.29 is 9.32 Å². The number of nitrogens with zero attached hydrogens (tertiary/aromatic N) is 1. The van der Waals surface area contributed by atoms with Crippen LogP contribution in [0.3, 0.4) is 0 Å². The van der Waals surface area contributed by atoms with Crippen LogP contribution in [0.2, 0.25) is 0 Å². The maximum atomic E-state index is 12.5. The van der Waals surface area contributed by atoms with Crippen LogP contribution in [-0.2, 0) is 6.42 Å². The molecule has 1 aromatic rings. The molecule has 0 fully saturated rings. The van der Waals surface area contributed by atoms with E-state index in [0.717, 1.165) is 37.0 Å². The number of hydrogen-bond donors (Lipinski definition) is 1. The fraction of sp³-hybridized carbons (Fsp3) is 0.765. The molecule has 1 unspecified atom stereocenters. The van der Waals surface area contributed by atoms with Crippen LogP contribution < -0.4 is 5.32 Å². The van der Waals surface area contributed by atoms with E-state index >= 15 is 0 Å². The van der Waals surface area contributed by atoms with E-state index in [9.17, 15) is 4.79 Å². The Morgan fingerprint density at radius 2 is 1.86 bits per heavy atom. The van der Waals surface area contributed by atoms with Crippen LogP contribution in [0.5, 0.6) is 0 Å². The summed E-state index contributed by atoms with van der Waals surface area (Å²) in [6, 6.07) is 0. The summed E-state index contributed by atoms with van der Waals surface area (Å²) in [7, 11) is 0. The fourth-order valence-electron chi connectivity index (χ4n) is 2.89. The predicted molar refractivity (Wildman–Crippen MR) is 85.5 cm³/mol. The van der Waals surface area contributed by atoms with Crippen molar-refractivity contribution in [2.24, 2.45) is 5.41 Å². The summed E-state index contributed by atoms with van der Waals surface area (Å²) in [6.45, 7) is 14.7. The monoisotopic (exact) mass is 294 g/mol. The van der Waals surface area contributed by atoms with Gasteiger partial charge >= 0.3 is 0 Å². The first-order valence-corrected chi connectivity index (χ1v) is 8.00. The van der Waals surface area contributed by atoms with Crippen LogP contribution in [0.1, 0.15) is 82.6 Å². The highest BCUT2D eigenvalue weighted by Gasteiger charge is 2.40. The van der Waals surface area contributed by atoms with Gasteiger partial charge in [-0.05, 0) is 39.0 Å². The van der Waals surface area contributed by atoms with E-state index in [1.54, 1.807) is 0 Å². The smallest absolute Gasteiger partial charge is 0.274 e. The van der Waals surface area contributed by atoms with Gasteiger partial charge in [0.2, 0.25) is 0 Å². The molecule has 0 aromatic carbocycles. The summed E-state index contributed by atoms with van der Waals surface area (Å²) < 4.78 is 5.23. The van der Waals surface area contributed by atoms with Gasteiger partial charge in [-0.2, -0.15) is 0 Å². The first-order valence-electron chi connectivity index (χ1n) is 8.00. The number of hydrogen-bond acceptors (Lipinski definition) is 3. The van der Waals surface area contributed by atoms with Crippen LogP contribution in [-0.4, -0.2) is 16.6 Å². The standard InChI is InChI=1S/C17H30N2O2/c1-8-11-17(7,10-3)16(5,6)18-15(20)14-12(4)13(9-2)21-19-14/h8-11H2,1-7H3,(H,18,20). The van der Waals surface area contributed by atoms with E-state index in [-0.39, 0.29) is 16.9 Å². The highest BCUT2D eigenvalue weighted by Crippen LogP contribution is 2.39. The topological polar surface area (TPSA) is 55.1 Å². The van der Waals surface area contributed by atoms with Crippen molar-refractivity contribution >= 4 is 5.91 Å². The lowest BCUT2D eigenvalue weighted by Gasteiger charge is -2.44. The number of amides is 1. The molecule has 0 aliphatic carbocycles. The first kappa shape index (κ1) is 17.7. The molecule has 4 nitrogen and oxygen atoms in total. The van der Waals surface area contributed by atoms with Gasteiger partial charge in [-0.3, -0.25) is 4.79 Å². The van der Waals surface area contributed by atoms with Gasteiger partial charge in [0.15, 0.2) is 5.69 Å². The van der Waals surface area contributed by atoms with Crippen molar-refractivity contribution in [2.45, 2.75) is 79.7 Å².